The Balaban J connectivity index is 1.58. The van der Waals surface area contributed by atoms with Crippen LogP contribution in [-0.2, 0) is 4.74 Å². The summed E-state index contributed by atoms with van der Waals surface area (Å²) in [6.07, 6.45) is 3.07. The Bertz CT molecular complexity index is 1140. The van der Waals surface area contributed by atoms with Gasteiger partial charge >= 0.3 is 6.09 Å². The molecule has 168 valence electrons. The number of aromatic nitrogens is 3. The lowest BCUT2D eigenvalue weighted by molar-refractivity contribution is 0.0240. The molecule has 0 atom stereocenters. The van der Waals surface area contributed by atoms with Gasteiger partial charge in [-0.3, -0.25) is 0 Å². The van der Waals surface area contributed by atoms with Gasteiger partial charge in [0.1, 0.15) is 17.7 Å². The van der Waals surface area contributed by atoms with Crippen molar-refractivity contribution in [1.82, 2.24) is 19.9 Å². The van der Waals surface area contributed by atoms with Gasteiger partial charge in [-0.1, -0.05) is 6.07 Å². The van der Waals surface area contributed by atoms with Crippen molar-refractivity contribution in [2.75, 3.05) is 38.2 Å². The molecule has 1 amide bonds. The van der Waals surface area contributed by atoms with Gasteiger partial charge in [-0.2, -0.15) is 0 Å². The number of pyridine rings is 1. The van der Waals surface area contributed by atoms with Gasteiger partial charge in [0, 0.05) is 43.3 Å². The molecular formula is C23H27N5O3S. The molecule has 0 saturated carbocycles. The van der Waals surface area contributed by atoms with Gasteiger partial charge in [0.25, 0.3) is 0 Å². The van der Waals surface area contributed by atoms with Crippen molar-refractivity contribution in [2.45, 2.75) is 31.3 Å². The molecule has 0 unspecified atom stereocenters. The third kappa shape index (κ3) is 4.72. The number of piperazine rings is 1. The fourth-order valence-corrected chi connectivity index (χ4v) is 3.95. The number of carbonyl (C=O) groups is 1. The van der Waals surface area contributed by atoms with E-state index in [2.05, 4.69) is 38.5 Å². The molecule has 1 aliphatic heterocycles. The standard InChI is InChI=1S/C23H27N5O3S/c1-23(2,3)31-22(29)28-9-7-27(8-10-28)20-17-11-15(5-6-18(17)25-14-26-20)16-12-19(32)21(30-4)24-13-16/h5-6,11-14,32H,7-10H2,1-4H3. The van der Waals surface area contributed by atoms with Gasteiger partial charge in [0.05, 0.1) is 17.5 Å². The number of carbonyl (C=O) groups excluding carboxylic acids is 1. The monoisotopic (exact) mass is 453 g/mol. The normalized spacial score (nSPS) is 14.5. The summed E-state index contributed by atoms with van der Waals surface area (Å²) >= 11 is 4.46. The summed E-state index contributed by atoms with van der Waals surface area (Å²) in [4.78, 5) is 30.3. The Kier molecular flexibility index (Phi) is 6.10. The predicted molar refractivity (Wildman–Crippen MR) is 127 cm³/mol. The van der Waals surface area contributed by atoms with Crippen molar-refractivity contribution in [3.8, 4) is 17.0 Å². The van der Waals surface area contributed by atoms with Crippen molar-refractivity contribution in [2.24, 2.45) is 0 Å². The summed E-state index contributed by atoms with van der Waals surface area (Å²) in [5.41, 5.74) is 2.28. The molecule has 1 aliphatic rings. The van der Waals surface area contributed by atoms with Gasteiger partial charge < -0.3 is 19.3 Å². The zero-order valence-corrected chi connectivity index (χ0v) is 19.6. The number of ether oxygens (including phenoxy) is 2. The van der Waals surface area contributed by atoms with Crippen LogP contribution in [0.3, 0.4) is 0 Å². The van der Waals surface area contributed by atoms with Crippen molar-refractivity contribution in [3.05, 3.63) is 36.8 Å². The molecule has 1 saturated heterocycles. The highest BCUT2D eigenvalue weighted by Gasteiger charge is 2.27. The summed E-state index contributed by atoms with van der Waals surface area (Å²) < 4.78 is 10.7. The molecule has 3 aromatic rings. The first-order valence-electron chi connectivity index (χ1n) is 10.5. The van der Waals surface area contributed by atoms with E-state index in [1.807, 2.05) is 39.0 Å². The van der Waals surface area contributed by atoms with E-state index in [1.165, 1.54) is 0 Å². The molecule has 1 aromatic carbocycles. The second kappa shape index (κ2) is 8.82. The Hall–Kier alpha value is -3.07. The third-order valence-corrected chi connectivity index (χ3v) is 5.52. The van der Waals surface area contributed by atoms with Crippen LogP contribution in [-0.4, -0.2) is 64.8 Å². The molecule has 2 aromatic heterocycles. The number of benzene rings is 1. The zero-order chi connectivity index (χ0) is 22.9. The summed E-state index contributed by atoms with van der Waals surface area (Å²) in [5.74, 6) is 1.35. The van der Waals surface area contributed by atoms with Crippen molar-refractivity contribution < 1.29 is 14.3 Å². The maximum absolute atomic E-state index is 12.4. The van der Waals surface area contributed by atoms with Crippen LogP contribution >= 0.6 is 12.6 Å². The van der Waals surface area contributed by atoms with Crippen molar-refractivity contribution in [3.63, 3.8) is 0 Å². The quantitative estimate of drug-likeness (QED) is 0.599. The molecule has 0 aliphatic carbocycles. The molecule has 8 nitrogen and oxygen atoms in total. The lowest BCUT2D eigenvalue weighted by Gasteiger charge is -2.36. The maximum atomic E-state index is 12.4. The Morgan fingerprint density at radius 1 is 1.03 bits per heavy atom. The molecule has 3 heterocycles. The number of fused-ring (bicyclic) bond motifs is 1. The first kappa shape index (κ1) is 22.1. The molecule has 32 heavy (non-hydrogen) atoms. The van der Waals surface area contributed by atoms with Gasteiger partial charge in [0.15, 0.2) is 0 Å². The average molecular weight is 454 g/mol. The second-order valence-corrected chi connectivity index (χ2v) is 9.12. The lowest BCUT2D eigenvalue weighted by Crippen LogP contribution is -2.50. The van der Waals surface area contributed by atoms with Crippen molar-refractivity contribution >= 4 is 35.4 Å². The molecule has 4 rings (SSSR count). The number of nitrogens with zero attached hydrogens (tertiary/aromatic N) is 5. The van der Waals surface area contributed by atoms with E-state index < -0.39 is 5.60 Å². The molecule has 0 N–H and O–H groups in total. The van der Waals surface area contributed by atoms with Gasteiger partial charge in [-0.25, -0.2) is 19.7 Å². The van der Waals surface area contributed by atoms with Crippen LogP contribution in [0.4, 0.5) is 10.6 Å². The number of rotatable bonds is 3. The first-order valence-corrected chi connectivity index (χ1v) is 10.9. The first-order chi connectivity index (χ1) is 15.2. The summed E-state index contributed by atoms with van der Waals surface area (Å²) in [6, 6.07) is 7.99. The largest absolute Gasteiger partial charge is 0.480 e. The average Bonchev–Trinajstić information content (AvgIpc) is 2.77. The second-order valence-electron chi connectivity index (χ2n) is 8.64. The highest BCUT2D eigenvalue weighted by Crippen LogP contribution is 2.31. The third-order valence-electron chi connectivity index (χ3n) is 5.20. The SMILES string of the molecule is COc1ncc(-c2ccc3ncnc(N4CCN(C(=O)OC(C)(C)C)CC4)c3c2)cc1S. The van der Waals surface area contributed by atoms with E-state index in [0.29, 0.717) is 37.0 Å². The van der Waals surface area contributed by atoms with Crippen LogP contribution in [0.2, 0.25) is 0 Å². The zero-order valence-electron chi connectivity index (χ0n) is 18.7. The molecule has 0 spiro atoms. The van der Waals surface area contributed by atoms with E-state index in [1.54, 1.807) is 24.5 Å². The van der Waals surface area contributed by atoms with E-state index in [4.69, 9.17) is 9.47 Å². The molecular weight excluding hydrogens is 426 g/mol. The van der Waals surface area contributed by atoms with E-state index >= 15 is 0 Å². The topological polar surface area (TPSA) is 80.7 Å². The Labute approximate surface area is 193 Å². The van der Waals surface area contributed by atoms with Gasteiger partial charge in [-0.15, -0.1) is 12.6 Å². The van der Waals surface area contributed by atoms with Crippen LogP contribution in [0, 0.1) is 0 Å². The smallest absolute Gasteiger partial charge is 0.410 e. The number of amides is 1. The van der Waals surface area contributed by atoms with Crippen molar-refractivity contribution in [1.29, 1.82) is 0 Å². The van der Waals surface area contributed by atoms with Crippen LogP contribution in [0.15, 0.2) is 41.7 Å². The van der Waals surface area contributed by atoms with Gasteiger partial charge in [-0.05, 0) is 44.5 Å². The number of hydrogen-bond donors (Lipinski definition) is 1. The predicted octanol–water partition coefficient (Wildman–Crippen LogP) is 4.05. The molecule has 1 fully saturated rings. The van der Waals surface area contributed by atoms with Crippen LogP contribution < -0.4 is 9.64 Å². The minimum atomic E-state index is -0.503. The molecule has 0 bridgehead atoms. The lowest BCUT2D eigenvalue weighted by atomic mass is 10.0. The van der Waals surface area contributed by atoms with Crippen LogP contribution in [0.1, 0.15) is 20.8 Å². The van der Waals surface area contributed by atoms with E-state index in [-0.39, 0.29) is 6.09 Å². The molecule has 9 heteroatoms. The Morgan fingerprint density at radius 3 is 2.44 bits per heavy atom. The summed E-state index contributed by atoms with van der Waals surface area (Å²) in [5, 5.41) is 0.951. The number of thiol groups is 1. The highest BCUT2D eigenvalue weighted by molar-refractivity contribution is 7.80. The number of anilines is 1. The number of methoxy groups -OCH3 is 1. The van der Waals surface area contributed by atoms with Crippen LogP contribution in [0.25, 0.3) is 22.0 Å². The maximum Gasteiger partial charge on any atom is 0.410 e. The minimum Gasteiger partial charge on any atom is -0.480 e. The summed E-state index contributed by atoms with van der Waals surface area (Å²) in [7, 11) is 1.57. The fraction of sp³-hybridized carbons (Fsp3) is 0.391. The van der Waals surface area contributed by atoms with E-state index in [9.17, 15) is 4.79 Å². The van der Waals surface area contributed by atoms with Gasteiger partial charge in [0.2, 0.25) is 5.88 Å². The summed E-state index contributed by atoms with van der Waals surface area (Å²) in [6.45, 7) is 8.11. The van der Waals surface area contributed by atoms with E-state index in [0.717, 1.165) is 27.8 Å². The fourth-order valence-electron chi connectivity index (χ4n) is 3.66. The number of hydrogen-bond acceptors (Lipinski definition) is 8. The Morgan fingerprint density at radius 2 is 1.78 bits per heavy atom. The molecule has 0 radical (unpaired) electrons. The highest BCUT2D eigenvalue weighted by atomic mass is 32.1. The van der Waals surface area contributed by atoms with Crippen LogP contribution in [0.5, 0.6) is 5.88 Å². The minimum absolute atomic E-state index is 0.276.